The summed E-state index contributed by atoms with van der Waals surface area (Å²) < 4.78 is 35.8. The molecule has 0 saturated heterocycles. The number of hydrogen-bond acceptors (Lipinski definition) is 6. The van der Waals surface area contributed by atoms with Gasteiger partial charge in [-0.3, -0.25) is 4.68 Å². The molecule has 2 aromatic rings. The van der Waals surface area contributed by atoms with Crippen molar-refractivity contribution in [3.8, 4) is 22.8 Å². The number of carboxylic acid groups (broad SMARTS) is 1. The Balaban J connectivity index is 2.28. The number of hydrogen-bond donors (Lipinski definition) is 1. The summed E-state index contributed by atoms with van der Waals surface area (Å²) in [5, 5.41) is 12.9. The lowest BCUT2D eigenvalue weighted by molar-refractivity contribution is 0.0689. The molecule has 0 fully saturated rings. The van der Waals surface area contributed by atoms with Gasteiger partial charge in [-0.15, -0.1) is 0 Å². The molecular weight excluding hydrogens is 312 g/mol. The van der Waals surface area contributed by atoms with Gasteiger partial charge in [-0.1, -0.05) is 0 Å². The third-order valence-corrected chi connectivity index (χ3v) is 4.39. The molecule has 0 amide bonds. The minimum atomic E-state index is -3.56. The number of fused-ring (bicyclic) bond motifs is 1. The first-order valence-electron chi connectivity index (χ1n) is 6.19. The highest BCUT2D eigenvalue weighted by molar-refractivity contribution is 7.90. The van der Waals surface area contributed by atoms with Crippen molar-refractivity contribution in [2.75, 3.05) is 13.0 Å². The maximum atomic E-state index is 12.0. The van der Waals surface area contributed by atoms with E-state index in [2.05, 4.69) is 5.10 Å². The number of aromatic nitrogens is 2. The van der Waals surface area contributed by atoms with E-state index in [0.717, 1.165) is 6.26 Å². The average Bonchev–Trinajstić information content (AvgIpc) is 3.01. The summed E-state index contributed by atoms with van der Waals surface area (Å²) in [5.41, 5.74) is 0.500. The average molecular weight is 324 g/mol. The Bertz CT molecular complexity index is 884. The van der Waals surface area contributed by atoms with Crippen molar-refractivity contribution in [1.82, 2.24) is 9.78 Å². The van der Waals surface area contributed by atoms with Gasteiger partial charge in [0.05, 0.1) is 10.6 Å². The van der Waals surface area contributed by atoms with Gasteiger partial charge in [-0.2, -0.15) is 5.10 Å². The van der Waals surface area contributed by atoms with E-state index in [-0.39, 0.29) is 17.4 Å². The maximum absolute atomic E-state index is 12.0. The lowest BCUT2D eigenvalue weighted by Crippen LogP contribution is -2.03. The van der Waals surface area contributed by atoms with Crippen LogP contribution >= 0.6 is 0 Å². The molecule has 0 radical (unpaired) electrons. The van der Waals surface area contributed by atoms with Crippen LogP contribution in [0.4, 0.5) is 0 Å². The fourth-order valence-corrected chi connectivity index (χ4v) is 3.14. The van der Waals surface area contributed by atoms with Crippen molar-refractivity contribution in [2.45, 2.75) is 4.90 Å². The summed E-state index contributed by atoms with van der Waals surface area (Å²) in [6.45, 7) is 0.00769. The number of rotatable bonds is 3. The molecule has 22 heavy (non-hydrogen) atoms. The van der Waals surface area contributed by atoms with E-state index in [1.54, 1.807) is 7.05 Å². The first-order chi connectivity index (χ1) is 10.3. The first kappa shape index (κ1) is 14.4. The zero-order valence-electron chi connectivity index (χ0n) is 11.7. The van der Waals surface area contributed by atoms with Crippen LogP contribution in [0, 0.1) is 0 Å². The quantitative estimate of drug-likeness (QED) is 0.894. The largest absolute Gasteiger partial charge is 0.476 e. The summed E-state index contributed by atoms with van der Waals surface area (Å²) in [6.07, 6.45) is 1.07. The molecule has 1 N–H and O–H groups in total. The van der Waals surface area contributed by atoms with Crippen LogP contribution < -0.4 is 9.47 Å². The number of sulfone groups is 1. The van der Waals surface area contributed by atoms with E-state index in [1.807, 2.05) is 0 Å². The smallest absolute Gasteiger partial charge is 0.356 e. The monoisotopic (exact) mass is 324 g/mol. The number of ether oxygens (including phenoxy) is 2. The molecule has 1 aliphatic rings. The van der Waals surface area contributed by atoms with Crippen LogP contribution in [0.25, 0.3) is 11.3 Å². The minimum Gasteiger partial charge on any atom is -0.476 e. The van der Waals surface area contributed by atoms with Crippen LogP contribution in [0.2, 0.25) is 0 Å². The maximum Gasteiger partial charge on any atom is 0.356 e. The van der Waals surface area contributed by atoms with Crippen molar-refractivity contribution in [1.29, 1.82) is 0 Å². The summed E-state index contributed by atoms with van der Waals surface area (Å²) in [7, 11) is -2.01. The molecule has 2 heterocycles. The van der Waals surface area contributed by atoms with Gasteiger partial charge in [0, 0.05) is 24.9 Å². The van der Waals surface area contributed by atoms with E-state index in [9.17, 15) is 13.2 Å². The normalized spacial score (nSPS) is 13.4. The van der Waals surface area contributed by atoms with Crippen molar-refractivity contribution in [2.24, 2.45) is 7.05 Å². The van der Waals surface area contributed by atoms with Crippen molar-refractivity contribution in [3.63, 3.8) is 0 Å². The Morgan fingerprint density at radius 1 is 1.27 bits per heavy atom. The zero-order valence-corrected chi connectivity index (χ0v) is 12.5. The number of carbonyl (C=O) groups is 1. The van der Waals surface area contributed by atoms with E-state index < -0.39 is 15.8 Å². The van der Waals surface area contributed by atoms with Crippen LogP contribution in [-0.2, 0) is 16.9 Å². The molecule has 116 valence electrons. The van der Waals surface area contributed by atoms with E-state index in [0.29, 0.717) is 22.8 Å². The fraction of sp³-hybridized carbons (Fsp3) is 0.231. The highest BCUT2D eigenvalue weighted by Gasteiger charge is 2.25. The molecule has 0 atom stereocenters. The lowest BCUT2D eigenvalue weighted by Gasteiger charge is -2.09. The predicted molar refractivity (Wildman–Crippen MR) is 74.8 cm³/mol. The molecule has 1 aliphatic heterocycles. The summed E-state index contributed by atoms with van der Waals surface area (Å²) >= 11 is 0. The van der Waals surface area contributed by atoms with Crippen LogP contribution in [0.3, 0.4) is 0 Å². The Kier molecular flexibility index (Phi) is 3.10. The Labute approximate surface area is 125 Å². The van der Waals surface area contributed by atoms with Crippen molar-refractivity contribution in [3.05, 3.63) is 23.9 Å². The second kappa shape index (κ2) is 4.73. The molecule has 0 bridgehead atoms. The fourth-order valence-electron chi connectivity index (χ4n) is 2.25. The standard InChI is InChI=1S/C13H12N2O6S/c1-15-9(4-8(14-15)13(16)17)7-3-10-11(21-6-20-10)5-12(7)22(2,18)19/h3-5H,6H2,1-2H3,(H,16,17). The minimum absolute atomic E-state index is 0.00769. The highest BCUT2D eigenvalue weighted by atomic mass is 32.2. The molecule has 3 rings (SSSR count). The van der Waals surface area contributed by atoms with Gasteiger partial charge in [0.15, 0.2) is 27.0 Å². The molecule has 0 spiro atoms. The van der Waals surface area contributed by atoms with E-state index in [1.165, 1.54) is 22.9 Å². The predicted octanol–water partition coefficient (Wildman–Crippen LogP) is 0.917. The van der Waals surface area contributed by atoms with Crippen LogP contribution in [0.15, 0.2) is 23.1 Å². The molecule has 0 unspecified atom stereocenters. The van der Waals surface area contributed by atoms with Crippen molar-refractivity contribution >= 4 is 15.8 Å². The number of nitrogens with zero attached hydrogens (tertiary/aromatic N) is 2. The summed E-state index contributed by atoms with van der Waals surface area (Å²) in [5.74, 6) is -0.450. The van der Waals surface area contributed by atoms with Crippen LogP contribution in [-0.4, -0.2) is 42.3 Å². The molecule has 1 aromatic carbocycles. The highest BCUT2D eigenvalue weighted by Crippen LogP contribution is 2.40. The number of aromatic carboxylic acids is 1. The van der Waals surface area contributed by atoms with Crippen LogP contribution in [0.1, 0.15) is 10.5 Å². The summed E-state index contributed by atoms with van der Waals surface area (Å²) in [4.78, 5) is 11.1. The Morgan fingerprint density at radius 2 is 1.91 bits per heavy atom. The zero-order chi connectivity index (χ0) is 16.1. The SMILES string of the molecule is Cn1nc(C(=O)O)cc1-c1cc2c(cc1S(C)(=O)=O)OCO2. The van der Waals surface area contributed by atoms with E-state index >= 15 is 0 Å². The van der Waals surface area contributed by atoms with Crippen LogP contribution in [0.5, 0.6) is 11.5 Å². The van der Waals surface area contributed by atoms with Crippen molar-refractivity contribution < 1.29 is 27.8 Å². The molecule has 1 aromatic heterocycles. The van der Waals surface area contributed by atoms with Gasteiger partial charge in [-0.05, 0) is 12.1 Å². The first-order valence-corrected chi connectivity index (χ1v) is 8.08. The molecule has 8 nitrogen and oxygen atoms in total. The lowest BCUT2D eigenvalue weighted by atomic mass is 10.1. The Hall–Kier alpha value is -2.55. The number of carboxylic acids is 1. The number of benzene rings is 1. The van der Waals surface area contributed by atoms with Gasteiger partial charge >= 0.3 is 5.97 Å². The number of aryl methyl sites for hydroxylation is 1. The summed E-state index contributed by atoms with van der Waals surface area (Å²) in [6, 6.07) is 4.20. The van der Waals surface area contributed by atoms with Gasteiger partial charge in [0.2, 0.25) is 6.79 Å². The van der Waals surface area contributed by atoms with Gasteiger partial charge < -0.3 is 14.6 Å². The third-order valence-electron chi connectivity index (χ3n) is 3.25. The van der Waals surface area contributed by atoms with Gasteiger partial charge in [-0.25, -0.2) is 13.2 Å². The van der Waals surface area contributed by atoms with E-state index in [4.69, 9.17) is 14.6 Å². The van der Waals surface area contributed by atoms with Gasteiger partial charge in [0.25, 0.3) is 0 Å². The second-order valence-corrected chi connectivity index (χ2v) is 6.80. The molecular formula is C13H12N2O6S. The topological polar surface area (TPSA) is 108 Å². The second-order valence-electron chi connectivity index (χ2n) is 4.82. The van der Waals surface area contributed by atoms with Gasteiger partial charge in [0.1, 0.15) is 0 Å². The Morgan fingerprint density at radius 3 is 2.45 bits per heavy atom. The molecule has 0 aliphatic carbocycles. The molecule has 0 saturated carbocycles. The third kappa shape index (κ3) is 2.29. The molecule has 9 heteroatoms.